The molecule has 0 amide bonds. The van der Waals surface area contributed by atoms with Gasteiger partial charge in [-0.1, -0.05) is 13.8 Å². The lowest BCUT2D eigenvalue weighted by Crippen LogP contribution is -2.40. The largest absolute Gasteiger partial charge is 0.389 e. The molecule has 1 unspecified atom stereocenters. The maximum Gasteiger partial charge on any atom is 0.0746 e. The molecule has 0 aliphatic carbocycles. The quantitative estimate of drug-likeness (QED) is 0.687. The molecule has 16 heavy (non-hydrogen) atoms. The van der Waals surface area contributed by atoms with Crippen LogP contribution in [0, 0.1) is 5.92 Å². The molecular formula is C12H23N3O. The van der Waals surface area contributed by atoms with Gasteiger partial charge in [-0.05, 0) is 25.3 Å². The summed E-state index contributed by atoms with van der Waals surface area (Å²) < 4.78 is 1.88. The highest BCUT2D eigenvalue weighted by Gasteiger charge is 2.20. The zero-order valence-corrected chi connectivity index (χ0v) is 10.5. The molecule has 1 aromatic rings. The summed E-state index contributed by atoms with van der Waals surface area (Å²) in [7, 11) is 0. The van der Waals surface area contributed by atoms with E-state index in [4.69, 9.17) is 0 Å². The monoisotopic (exact) mass is 225 g/mol. The first-order chi connectivity index (χ1) is 7.49. The van der Waals surface area contributed by atoms with Crippen molar-refractivity contribution in [1.82, 2.24) is 15.1 Å². The second kappa shape index (κ2) is 6.01. The highest BCUT2D eigenvalue weighted by molar-refractivity contribution is 4.79. The Hall–Kier alpha value is -0.870. The number of nitrogens with zero attached hydrogens (tertiary/aromatic N) is 2. The minimum atomic E-state index is -0.613. The van der Waals surface area contributed by atoms with Crippen molar-refractivity contribution < 1.29 is 5.11 Å². The van der Waals surface area contributed by atoms with Crippen LogP contribution in [-0.2, 0) is 6.54 Å². The van der Waals surface area contributed by atoms with Crippen molar-refractivity contribution in [2.24, 2.45) is 5.92 Å². The molecule has 0 aliphatic heterocycles. The van der Waals surface area contributed by atoms with Gasteiger partial charge in [0.25, 0.3) is 0 Å². The van der Waals surface area contributed by atoms with Crippen LogP contribution in [0.25, 0.3) is 0 Å². The Bertz CT molecular complexity index is 280. The Kier molecular flexibility index (Phi) is 4.96. The molecule has 1 aromatic heterocycles. The van der Waals surface area contributed by atoms with E-state index in [2.05, 4.69) is 24.3 Å². The molecule has 0 saturated carbocycles. The van der Waals surface area contributed by atoms with E-state index in [9.17, 15) is 5.11 Å². The first kappa shape index (κ1) is 13.2. The summed E-state index contributed by atoms with van der Waals surface area (Å²) in [5.41, 5.74) is -0.613. The summed E-state index contributed by atoms with van der Waals surface area (Å²) >= 11 is 0. The van der Waals surface area contributed by atoms with Crippen LogP contribution in [-0.4, -0.2) is 33.6 Å². The maximum absolute atomic E-state index is 10.1. The summed E-state index contributed by atoms with van der Waals surface area (Å²) in [4.78, 5) is 0. The van der Waals surface area contributed by atoms with Gasteiger partial charge in [-0.2, -0.15) is 5.10 Å². The van der Waals surface area contributed by atoms with Crippen LogP contribution in [0.4, 0.5) is 0 Å². The van der Waals surface area contributed by atoms with E-state index < -0.39 is 5.60 Å². The number of hydrogen-bond acceptors (Lipinski definition) is 3. The van der Waals surface area contributed by atoms with Gasteiger partial charge in [0.15, 0.2) is 0 Å². The summed E-state index contributed by atoms with van der Waals surface area (Å²) in [5.74, 6) is 0.517. The highest BCUT2D eigenvalue weighted by Crippen LogP contribution is 2.14. The van der Waals surface area contributed by atoms with Crippen molar-refractivity contribution in [2.75, 3.05) is 13.1 Å². The molecule has 2 N–H and O–H groups in total. The fraction of sp³-hybridized carbons (Fsp3) is 0.750. The van der Waals surface area contributed by atoms with Crippen LogP contribution < -0.4 is 5.32 Å². The second-order valence-corrected chi connectivity index (χ2v) is 5.04. The van der Waals surface area contributed by atoms with Crippen molar-refractivity contribution in [1.29, 1.82) is 0 Å². The highest BCUT2D eigenvalue weighted by atomic mass is 16.3. The summed E-state index contributed by atoms with van der Waals surface area (Å²) in [6, 6.07) is 1.91. The fourth-order valence-electron chi connectivity index (χ4n) is 1.94. The Morgan fingerprint density at radius 3 is 2.81 bits per heavy atom. The molecular weight excluding hydrogens is 202 g/mol. The van der Waals surface area contributed by atoms with E-state index in [-0.39, 0.29) is 0 Å². The standard InChI is InChI=1S/C12H23N3O/c1-11(2)9-12(3,16)10-13-6-8-15-7-4-5-14-15/h4-5,7,11,13,16H,6,8-10H2,1-3H3. The van der Waals surface area contributed by atoms with Crippen LogP contribution in [0.3, 0.4) is 0 Å². The molecule has 0 aromatic carbocycles. The molecule has 4 heteroatoms. The lowest BCUT2D eigenvalue weighted by molar-refractivity contribution is 0.0385. The van der Waals surface area contributed by atoms with E-state index in [1.54, 1.807) is 6.20 Å². The number of nitrogens with one attached hydrogen (secondary N) is 1. The second-order valence-electron chi connectivity index (χ2n) is 5.04. The van der Waals surface area contributed by atoms with Crippen LogP contribution in [0.2, 0.25) is 0 Å². The van der Waals surface area contributed by atoms with E-state index in [0.29, 0.717) is 12.5 Å². The summed E-state index contributed by atoms with van der Waals surface area (Å²) in [5, 5.41) is 17.4. The molecule has 0 aliphatic rings. The minimum absolute atomic E-state index is 0.517. The van der Waals surface area contributed by atoms with Gasteiger partial charge in [-0.3, -0.25) is 4.68 Å². The molecule has 0 bridgehead atoms. The van der Waals surface area contributed by atoms with Gasteiger partial charge in [0.2, 0.25) is 0 Å². The van der Waals surface area contributed by atoms with Crippen LogP contribution >= 0.6 is 0 Å². The van der Waals surface area contributed by atoms with Crippen molar-refractivity contribution in [3.05, 3.63) is 18.5 Å². The first-order valence-corrected chi connectivity index (χ1v) is 5.90. The van der Waals surface area contributed by atoms with Gasteiger partial charge in [-0.15, -0.1) is 0 Å². The molecule has 92 valence electrons. The predicted molar refractivity (Wildman–Crippen MR) is 65.2 cm³/mol. The van der Waals surface area contributed by atoms with Crippen molar-refractivity contribution >= 4 is 0 Å². The topological polar surface area (TPSA) is 50.1 Å². The van der Waals surface area contributed by atoms with Crippen molar-refractivity contribution in [3.8, 4) is 0 Å². The molecule has 0 saturated heterocycles. The third-order valence-corrected chi connectivity index (χ3v) is 2.43. The normalized spacial score (nSPS) is 15.3. The van der Waals surface area contributed by atoms with Gasteiger partial charge in [0.1, 0.15) is 0 Å². The Morgan fingerprint density at radius 1 is 1.50 bits per heavy atom. The smallest absolute Gasteiger partial charge is 0.0746 e. The molecule has 1 rings (SSSR count). The van der Waals surface area contributed by atoms with Gasteiger partial charge < -0.3 is 10.4 Å². The van der Waals surface area contributed by atoms with E-state index in [0.717, 1.165) is 19.5 Å². The molecule has 0 fully saturated rings. The molecule has 1 atom stereocenters. The minimum Gasteiger partial charge on any atom is -0.389 e. The molecule has 0 radical (unpaired) electrons. The average molecular weight is 225 g/mol. The predicted octanol–water partition coefficient (Wildman–Crippen LogP) is 1.27. The van der Waals surface area contributed by atoms with Gasteiger partial charge in [0, 0.05) is 25.5 Å². The van der Waals surface area contributed by atoms with Gasteiger partial charge in [0.05, 0.1) is 12.1 Å². The van der Waals surface area contributed by atoms with E-state index in [1.165, 1.54) is 0 Å². The van der Waals surface area contributed by atoms with E-state index in [1.807, 2.05) is 23.9 Å². The van der Waals surface area contributed by atoms with E-state index >= 15 is 0 Å². The number of rotatable bonds is 7. The fourth-order valence-corrected chi connectivity index (χ4v) is 1.94. The third-order valence-electron chi connectivity index (χ3n) is 2.43. The molecule has 0 spiro atoms. The lowest BCUT2D eigenvalue weighted by atomic mass is 9.94. The van der Waals surface area contributed by atoms with Crippen molar-refractivity contribution in [3.63, 3.8) is 0 Å². The number of hydrogen-bond donors (Lipinski definition) is 2. The van der Waals surface area contributed by atoms with Gasteiger partial charge >= 0.3 is 0 Å². The molecule has 1 heterocycles. The Balaban J connectivity index is 2.15. The summed E-state index contributed by atoms with van der Waals surface area (Å²) in [6.07, 6.45) is 4.53. The van der Waals surface area contributed by atoms with Crippen molar-refractivity contribution in [2.45, 2.75) is 39.3 Å². The number of aromatic nitrogens is 2. The SMILES string of the molecule is CC(C)CC(C)(O)CNCCn1cccn1. The average Bonchev–Trinajstić information content (AvgIpc) is 2.62. The summed E-state index contributed by atoms with van der Waals surface area (Å²) in [6.45, 7) is 8.43. The first-order valence-electron chi connectivity index (χ1n) is 5.90. The zero-order valence-electron chi connectivity index (χ0n) is 10.5. The van der Waals surface area contributed by atoms with Gasteiger partial charge in [-0.25, -0.2) is 0 Å². The zero-order chi connectivity index (χ0) is 12.0. The lowest BCUT2D eigenvalue weighted by Gasteiger charge is -2.25. The van der Waals surface area contributed by atoms with Crippen LogP contribution in [0.15, 0.2) is 18.5 Å². The van der Waals surface area contributed by atoms with Crippen LogP contribution in [0.5, 0.6) is 0 Å². The maximum atomic E-state index is 10.1. The Labute approximate surface area is 97.7 Å². The third kappa shape index (κ3) is 5.28. The van der Waals surface area contributed by atoms with Crippen LogP contribution in [0.1, 0.15) is 27.2 Å². The molecule has 4 nitrogen and oxygen atoms in total. The Morgan fingerprint density at radius 2 is 2.25 bits per heavy atom. The number of aliphatic hydroxyl groups is 1.